The van der Waals surface area contributed by atoms with E-state index >= 15 is 0 Å². The van der Waals surface area contributed by atoms with Crippen LogP contribution >= 0.6 is 0 Å². The molecule has 200 valence electrons. The van der Waals surface area contributed by atoms with Gasteiger partial charge in [0.15, 0.2) is 0 Å². The van der Waals surface area contributed by atoms with Crippen molar-refractivity contribution in [2.24, 2.45) is 0 Å². The molecular formula is C30H56O4. The number of carbonyl (C=O) groups is 2. The lowest BCUT2D eigenvalue weighted by molar-refractivity contribution is -0.150. The van der Waals surface area contributed by atoms with Crippen LogP contribution in [0.2, 0.25) is 0 Å². The second-order valence-corrected chi connectivity index (χ2v) is 9.62. The fourth-order valence-corrected chi connectivity index (χ4v) is 4.02. The second-order valence-electron chi connectivity index (χ2n) is 9.62. The van der Waals surface area contributed by atoms with Gasteiger partial charge in [0.2, 0.25) is 0 Å². The van der Waals surface area contributed by atoms with Crippen molar-refractivity contribution >= 4 is 11.9 Å². The van der Waals surface area contributed by atoms with Crippen molar-refractivity contribution in [3.8, 4) is 0 Å². The highest BCUT2D eigenvalue weighted by Crippen LogP contribution is 2.12. The quantitative estimate of drug-likeness (QED) is 0.0703. The average molecular weight is 481 g/mol. The zero-order valence-electron chi connectivity index (χ0n) is 22.8. The van der Waals surface area contributed by atoms with Gasteiger partial charge in [0, 0.05) is 0 Å². The molecule has 34 heavy (non-hydrogen) atoms. The van der Waals surface area contributed by atoms with Gasteiger partial charge in [-0.25, -0.2) is 0 Å². The number of carbonyl (C=O) groups excluding carboxylic acids is 2. The van der Waals surface area contributed by atoms with Crippen LogP contribution in [0.25, 0.3) is 0 Å². The molecule has 0 fully saturated rings. The normalized spacial score (nSPS) is 11.2. The van der Waals surface area contributed by atoms with Gasteiger partial charge < -0.3 is 9.47 Å². The van der Waals surface area contributed by atoms with Gasteiger partial charge in [0.1, 0.15) is 0 Å². The van der Waals surface area contributed by atoms with E-state index in [1.807, 2.05) is 0 Å². The number of esters is 2. The van der Waals surface area contributed by atoms with Crippen LogP contribution in [0.4, 0.5) is 0 Å². The van der Waals surface area contributed by atoms with Gasteiger partial charge in [0.25, 0.3) is 0 Å². The summed E-state index contributed by atoms with van der Waals surface area (Å²) >= 11 is 0. The van der Waals surface area contributed by atoms with Crippen LogP contribution in [-0.4, -0.2) is 25.2 Å². The molecule has 0 atom stereocenters. The summed E-state index contributed by atoms with van der Waals surface area (Å²) < 4.78 is 10.5. The zero-order valence-corrected chi connectivity index (χ0v) is 22.8. The summed E-state index contributed by atoms with van der Waals surface area (Å²) in [5.41, 5.74) is 0. The molecule has 0 aliphatic carbocycles. The SMILES string of the molecule is CC/C=C/CCCCCCCCCCOC(=O)CCC(=O)OCCCCCCCCCCCC. The number of unbranched alkanes of at least 4 members (excludes halogenated alkanes) is 17. The summed E-state index contributed by atoms with van der Waals surface area (Å²) in [4.78, 5) is 23.5. The molecule has 0 aromatic heterocycles. The number of hydrogen-bond acceptors (Lipinski definition) is 4. The summed E-state index contributed by atoms with van der Waals surface area (Å²) in [6, 6.07) is 0. The largest absolute Gasteiger partial charge is 0.466 e. The molecule has 0 aromatic rings. The van der Waals surface area contributed by atoms with Gasteiger partial charge >= 0.3 is 11.9 Å². The molecule has 4 heteroatoms. The minimum absolute atomic E-state index is 0.129. The third-order valence-electron chi connectivity index (χ3n) is 6.22. The van der Waals surface area contributed by atoms with Crippen molar-refractivity contribution in [2.45, 2.75) is 155 Å². The molecule has 0 bridgehead atoms. The summed E-state index contributed by atoms with van der Waals surface area (Å²) in [7, 11) is 0. The fraction of sp³-hybridized carbons (Fsp3) is 0.867. The highest BCUT2D eigenvalue weighted by molar-refractivity contribution is 5.77. The number of ether oxygens (including phenoxy) is 2. The molecule has 0 aromatic carbocycles. The topological polar surface area (TPSA) is 52.6 Å². The first-order valence-electron chi connectivity index (χ1n) is 14.7. The number of allylic oxidation sites excluding steroid dienone is 2. The summed E-state index contributed by atoms with van der Waals surface area (Å²) in [6.45, 7) is 5.36. The van der Waals surface area contributed by atoms with Gasteiger partial charge in [-0.2, -0.15) is 0 Å². The Hall–Kier alpha value is -1.32. The van der Waals surface area contributed by atoms with Crippen LogP contribution < -0.4 is 0 Å². The van der Waals surface area contributed by atoms with Crippen molar-refractivity contribution in [2.75, 3.05) is 13.2 Å². The zero-order chi connectivity index (χ0) is 25.0. The van der Waals surface area contributed by atoms with Crippen LogP contribution in [0.3, 0.4) is 0 Å². The molecule has 0 rings (SSSR count). The maximum Gasteiger partial charge on any atom is 0.306 e. The lowest BCUT2D eigenvalue weighted by Crippen LogP contribution is -2.11. The molecule has 0 heterocycles. The maximum absolute atomic E-state index is 11.8. The van der Waals surface area contributed by atoms with Gasteiger partial charge in [-0.05, 0) is 32.1 Å². The van der Waals surface area contributed by atoms with E-state index in [9.17, 15) is 9.59 Å². The van der Waals surface area contributed by atoms with E-state index < -0.39 is 0 Å². The van der Waals surface area contributed by atoms with Crippen LogP contribution in [0.1, 0.15) is 155 Å². The summed E-state index contributed by atoms with van der Waals surface area (Å²) in [6.07, 6.45) is 29.5. The minimum Gasteiger partial charge on any atom is -0.466 e. The van der Waals surface area contributed by atoms with Gasteiger partial charge in [-0.3, -0.25) is 9.59 Å². The van der Waals surface area contributed by atoms with E-state index in [1.165, 1.54) is 96.3 Å². The monoisotopic (exact) mass is 480 g/mol. The van der Waals surface area contributed by atoms with Crippen molar-refractivity contribution in [1.82, 2.24) is 0 Å². The van der Waals surface area contributed by atoms with Crippen molar-refractivity contribution in [3.63, 3.8) is 0 Å². The van der Waals surface area contributed by atoms with Gasteiger partial charge in [-0.15, -0.1) is 0 Å². The Morgan fingerprint density at radius 2 is 0.882 bits per heavy atom. The van der Waals surface area contributed by atoms with E-state index in [4.69, 9.17) is 9.47 Å². The van der Waals surface area contributed by atoms with Crippen LogP contribution in [0, 0.1) is 0 Å². The lowest BCUT2D eigenvalue weighted by Gasteiger charge is -2.06. The highest BCUT2D eigenvalue weighted by Gasteiger charge is 2.09. The third kappa shape index (κ3) is 26.9. The number of hydrogen-bond donors (Lipinski definition) is 0. The molecule has 0 unspecified atom stereocenters. The lowest BCUT2D eigenvalue weighted by atomic mass is 10.1. The number of rotatable bonds is 26. The fourth-order valence-electron chi connectivity index (χ4n) is 4.02. The average Bonchev–Trinajstić information content (AvgIpc) is 2.84. The summed E-state index contributed by atoms with van der Waals surface area (Å²) in [5.74, 6) is -0.567. The smallest absolute Gasteiger partial charge is 0.306 e. The molecule has 0 spiro atoms. The Morgan fingerprint density at radius 3 is 1.29 bits per heavy atom. The molecular weight excluding hydrogens is 424 g/mol. The predicted octanol–water partition coefficient (Wildman–Crippen LogP) is 9.25. The molecule has 0 saturated heterocycles. The molecule has 4 nitrogen and oxygen atoms in total. The highest BCUT2D eigenvalue weighted by atomic mass is 16.5. The second kappa shape index (κ2) is 27.9. The van der Waals surface area contributed by atoms with E-state index in [0.717, 1.165) is 32.1 Å². The minimum atomic E-state index is -0.284. The van der Waals surface area contributed by atoms with Crippen LogP contribution in [-0.2, 0) is 19.1 Å². The van der Waals surface area contributed by atoms with Crippen LogP contribution in [0.5, 0.6) is 0 Å². The standard InChI is InChI=1S/C30H56O4/c1-3-5-7-9-11-13-15-16-18-20-22-24-28-34-30(32)26-25-29(31)33-27-23-21-19-17-14-12-10-8-6-4-2/h5,7H,3-4,6,8-28H2,1-2H3/b7-5+. The Labute approximate surface area is 211 Å². The van der Waals surface area contributed by atoms with Crippen molar-refractivity contribution in [1.29, 1.82) is 0 Å². The first-order valence-corrected chi connectivity index (χ1v) is 14.7. The first kappa shape index (κ1) is 32.7. The predicted molar refractivity (Wildman–Crippen MR) is 144 cm³/mol. The van der Waals surface area contributed by atoms with E-state index in [-0.39, 0.29) is 24.8 Å². The third-order valence-corrected chi connectivity index (χ3v) is 6.22. The Kier molecular flexibility index (Phi) is 26.8. The van der Waals surface area contributed by atoms with Gasteiger partial charge in [0.05, 0.1) is 26.1 Å². The molecule has 0 aliphatic rings. The van der Waals surface area contributed by atoms with Crippen molar-refractivity contribution < 1.29 is 19.1 Å². The maximum atomic E-state index is 11.8. The van der Waals surface area contributed by atoms with E-state index in [0.29, 0.717) is 13.2 Å². The van der Waals surface area contributed by atoms with Crippen LogP contribution in [0.15, 0.2) is 12.2 Å². The Morgan fingerprint density at radius 1 is 0.500 bits per heavy atom. The van der Waals surface area contributed by atoms with Gasteiger partial charge in [-0.1, -0.05) is 122 Å². The molecule has 0 saturated carbocycles. The van der Waals surface area contributed by atoms with E-state index in [2.05, 4.69) is 26.0 Å². The molecule has 0 amide bonds. The first-order chi connectivity index (χ1) is 16.7. The molecule has 0 N–H and O–H groups in total. The van der Waals surface area contributed by atoms with E-state index in [1.54, 1.807) is 0 Å². The Balaban J connectivity index is 3.31. The molecule has 0 radical (unpaired) electrons. The molecule has 0 aliphatic heterocycles. The van der Waals surface area contributed by atoms with Crippen molar-refractivity contribution in [3.05, 3.63) is 12.2 Å². The Bertz CT molecular complexity index is 472. The summed E-state index contributed by atoms with van der Waals surface area (Å²) in [5, 5.41) is 0.